The first-order chi connectivity index (χ1) is 10.0. The molecule has 0 aromatic heterocycles. The number of benzene rings is 1. The van der Waals surface area contributed by atoms with Crippen molar-refractivity contribution < 1.29 is 4.79 Å². The fraction of sp³-hybridized carbons (Fsp3) is 0.611. The van der Waals surface area contributed by atoms with Crippen LogP contribution in [0.25, 0.3) is 0 Å². The summed E-state index contributed by atoms with van der Waals surface area (Å²) >= 11 is 0. The topological polar surface area (TPSA) is 41.1 Å². The first kappa shape index (κ1) is 16.0. The van der Waals surface area contributed by atoms with E-state index in [1.54, 1.807) is 0 Å². The average molecular weight is 288 g/mol. The fourth-order valence-electron chi connectivity index (χ4n) is 3.00. The molecule has 3 nitrogen and oxygen atoms in total. The first-order valence-corrected chi connectivity index (χ1v) is 8.15. The van der Waals surface area contributed by atoms with Gasteiger partial charge in [0.15, 0.2) is 0 Å². The van der Waals surface area contributed by atoms with E-state index in [0.717, 1.165) is 31.6 Å². The molecule has 1 saturated heterocycles. The Morgan fingerprint density at radius 1 is 1.10 bits per heavy atom. The first-order valence-electron chi connectivity index (χ1n) is 8.15. The highest BCUT2D eigenvalue weighted by Crippen LogP contribution is 2.33. The van der Waals surface area contributed by atoms with Crippen LogP contribution < -0.4 is 10.6 Å². The molecule has 2 N–H and O–H groups in total. The molecule has 0 aliphatic carbocycles. The van der Waals surface area contributed by atoms with Crippen molar-refractivity contribution in [1.29, 1.82) is 0 Å². The number of piperidine rings is 1. The van der Waals surface area contributed by atoms with Crippen molar-refractivity contribution in [3.05, 3.63) is 29.3 Å². The molecule has 0 bridgehead atoms. The zero-order valence-electron chi connectivity index (χ0n) is 13.7. The largest absolute Gasteiger partial charge is 0.325 e. The van der Waals surface area contributed by atoms with Crippen LogP contribution in [0, 0.1) is 5.92 Å². The van der Waals surface area contributed by atoms with Crippen molar-refractivity contribution in [3.63, 3.8) is 0 Å². The summed E-state index contributed by atoms with van der Waals surface area (Å²) in [7, 11) is 0. The number of hydrogen-bond donors (Lipinski definition) is 2. The van der Waals surface area contributed by atoms with Crippen LogP contribution in [-0.2, 0) is 4.79 Å². The van der Waals surface area contributed by atoms with Crippen molar-refractivity contribution in [2.45, 2.75) is 52.4 Å². The number of amides is 1. The van der Waals surface area contributed by atoms with Crippen LogP contribution in [0.3, 0.4) is 0 Å². The van der Waals surface area contributed by atoms with E-state index in [2.05, 4.69) is 56.5 Å². The minimum atomic E-state index is 0.145. The maximum Gasteiger partial charge on any atom is 0.227 e. The van der Waals surface area contributed by atoms with Crippen molar-refractivity contribution in [3.8, 4) is 0 Å². The van der Waals surface area contributed by atoms with Gasteiger partial charge in [0.25, 0.3) is 0 Å². The van der Waals surface area contributed by atoms with Gasteiger partial charge in [-0.15, -0.1) is 0 Å². The van der Waals surface area contributed by atoms with E-state index in [4.69, 9.17) is 0 Å². The summed E-state index contributed by atoms with van der Waals surface area (Å²) < 4.78 is 0. The number of carbonyl (C=O) groups is 1. The number of para-hydroxylation sites is 1. The number of carbonyl (C=O) groups excluding carboxylic acids is 1. The third-order valence-electron chi connectivity index (χ3n) is 4.33. The SMILES string of the molecule is CC(C)c1cccc(C(C)C)c1NC(=O)C1CCNCC1. The number of anilines is 1. The van der Waals surface area contributed by atoms with Crippen LogP contribution >= 0.6 is 0 Å². The summed E-state index contributed by atoms with van der Waals surface area (Å²) in [4.78, 5) is 12.6. The molecule has 0 radical (unpaired) electrons. The summed E-state index contributed by atoms with van der Waals surface area (Å²) in [6, 6.07) is 6.37. The zero-order chi connectivity index (χ0) is 15.4. The molecular weight excluding hydrogens is 260 g/mol. The Hall–Kier alpha value is -1.35. The summed E-state index contributed by atoms with van der Waals surface area (Å²) in [6.07, 6.45) is 1.87. The average Bonchev–Trinajstić information content (AvgIpc) is 2.47. The second-order valence-electron chi connectivity index (χ2n) is 6.63. The van der Waals surface area contributed by atoms with Crippen molar-refractivity contribution >= 4 is 11.6 Å². The fourth-order valence-corrected chi connectivity index (χ4v) is 3.00. The van der Waals surface area contributed by atoms with Crippen LogP contribution in [0.4, 0.5) is 5.69 Å². The van der Waals surface area contributed by atoms with Crippen LogP contribution in [-0.4, -0.2) is 19.0 Å². The molecule has 1 fully saturated rings. The van der Waals surface area contributed by atoms with E-state index < -0.39 is 0 Å². The smallest absolute Gasteiger partial charge is 0.227 e. The van der Waals surface area contributed by atoms with Gasteiger partial charge in [-0.3, -0.25) is 4.79 Å². The molecule has 1 amide bonds. The predicted molar refractivity (Wildman–Crippen MR) is 88.8 cm³/mol. The van der Waals surface area contributed by atoms with Gasteiger partial charge in [0.1, 0.15) is 0 Å². The Kier molecular flexibility index (Phi) is 5.40. The van der Waals surface area contributed by atoms with Crippen LogP contribution in [0.5, 0.6) is 0 Å². The van der Waals surface area contributed by atoms with Gasteiger partial charge in [0.2, 0.25) is 5.91 Å². The van der Waals surface area contributed by atoms with Gasteiger partial charge in [-0.2, -0.15) is 0 Å². The Balaban J connectivity index is 2.26. The molecule has 1 aromatic rings. The normalized spacial score (nSPS) is 16.5. The molecule has 1 aliphatic rings. The van der Waals surface area contributed by atoms with Crippen molar-refractivity contribution in [2.75, 3.05) is 18.4 Å². The van der Waals surface area contributed by atoms with E-state index in [9.17, 15) is 4.79 Å². The minimum Gasteiger partial charge on any atom is -0.325 e. The van der Waals surface area contributed by atoms with Crippen molar-refractivity contribution in [2.24, 2.45) is 5.92 Å². The second-order valence-corrected chi connectivity index (χ2v) is 6.63. The van der Waals surface area contributed by atoms with E-state index in [1.165, 1.54) is 11.1 Å². The van der Waals surface area contributed by atoms with Gasteiger partial charge in [-0.1, -0.05) is 45.9 Å². The lowest BCUT2D eigenvalue weighted by Gasteiger charge is -2.25. The van der Waals surface area contributed by atoms with E-state index in [-0.39, 0.29) is 11.8 Å². The molecule has 3 heteroatoms. The molecular formula is C18H28N2O. The molecule has 1 aliphatic heterocycles. The van der Waals surface area contributed by atoms with Gasteiger partial charge in [-0.05, 0) is 48.9 Å². The minimum absolute atomic E-state index is 0.145. The Labute approximate surface area is 128 Å². The lowest BCUT2D eigenvalue weighted by Crippen LogP contribution is -2.35. The van der Waals surface area contributed by atoms with Gasteiger partial charge < -0.3 is 10.6 Å². The molecule has 0 saturated carbocycles. The highest BCUT2D eigenvalue weighted by molar-refractivity contribution is 5.94. The Morgan fingerprint density at radius 3 is 2.10 bits per heavy atom. The van der Waals surface area contributed by atoms with Crippen LogP contribution in [0.1, 0.15) is 63.5 Å². The molecule has 0 spiro atoms. The standard InChI is InChI=1S/C18H28N2O/c1-12(2)15-6-5-7-16(13(3)4)17(15)20-18(21)14-8-10-19-11-9-14/h5-7,12-14,19H,8-11H2,1-4H3,(H,20,21). The molecule has 21 heavy (non-hydrogen) atoms. The quantitative estimate of drug-likeness (QED) is 0.883. The molecule has 0 unspecified atom stereocenters. The van der Waals surface area contributed by atoms with Crippen LogP contribution in [0.15, 0.2) is 18.2 Å². The third kappa shape index (κ3) is 3.85. The third-order valence-corrected chi connectivity index (χ3v) is 4.33. The number of rotatable bonds is 4. The molecule has 2 rings (SSSR count). The van der Waals surface area contributed by atoms with Gasteiger partial charge in [0.05, 0.1) is 0 Å². The molecule has 116 valence electrons. The van der Waals surface area contributed by atoms with Crippen molar-refractivity contribution in [1.82, 2.24) is 5.32 Å². The number of hydrogen-bond acceptors (Lipinski definition) is 2. The lowest BCUT2D eigenvalue weighted by molar-refractivity contribution is -0.120. The summed E-state index contributed by atoms with van der Waals surface area (Å²) in [6.45, 7) is 10.6. The van der Waals surface area contributed by atoms with E-state index in [0.29, 0.717) is 11.8 Å². The maximum absolute atomic E-state index is 12.6. The highest BCUT2D eigenvalue weighted by atomic mass is 16.1. The summed E-state index contributed by atoms with van der Waals surface area (Å²) in [5.41, 5.74) is 3.53. The molecule has 1 heterocycles. The zero-order valence-corrected chi connectivity index (χ0v) is 13.7. The van der Waals surface area contributed by atoms with Gasteiger partial charge >= 0.3 is 0 Å². The predicted octanol–water partition coefficient (Wildman–Crippen LogP) is 3.87. The Bertz CT molecular complexity index is 462. The van der Waals surface area contributed by atoms with Crippen LogP contribution in [0.2, 0.25) is 0 Å². The second kappa shape index (κ2) is 7.08. The lowest BCUT2D eigenvalue weighted by atomic mass is 9.91. The van der Waals surface area contributed by atoms with E-state index >= 15 is 0 Å². The van der Waals surface area contributed by atoms with E-state index in [1.807, 2.05) is 0 Å². The highest BCUT2D eigenvalue weighted by Gasteiger charge is 2.23. The summed E-state index contributed by atoms with van der Waals surface area (Å²) in [5, 5.41) is 6.56. The molecule has 0 atom stereocenters. The summed E-state index contributed by atoms with van der Waals surface area (Å²) in [5.74, 6) is 1.15. The molecule has 1 aromatic carbocycles. The Morgan fingerprint density at radius 2 is 1.62 bits per heavy atom. The maximum atomic E-state index is 12.6. The van der Waals surface area contributed by atoms with Gasteiger partial charge in [0, 0.05) is 11.6 Å². The monoisotopic (exact) mass is 288 g/mol. The van der Waals surface area contributed by atoms with Gasteiger partial charge in [-0.25, -0.2) is 0 Å². The number of nitrogens with one attached hydrogen (secondary N) is 2.